The number of ketones is 2. The summed E-state index contributed by atoms with van der Waals surface area (Å²) >= 11 is 0. The Morgan fingerprint density at radius 3 is 1.65 bits per heavy atom. The number of Topliss-reactive ketones (excluding diaryl/α,β-unsaturated/α-hetero) is 2. The normalized spacial score (nSPS) is 9.96. The number of hydrogen-bond donors (Lipinski definition) is 0. The number of ether oxygens (including phenoxy) is 1. The van der Waals surface area contributed by atoms with Gasteiger partial charge in [-0.3, -0.25) is 9.59 Å². The molecule has 0 aliphatic rings. The largest absolute Gasteiger partial charge is 0.497 e. The van der Waals surface area contributed by atoms with E-state index in [0.717, 1.165) is 11.3 Å². The summed E-state index contributed by atoms with van der Waals surface area (Å²) in [6.07, 6.45) is 2.36. The van der Waals surface area contributed by atoms with Crippen molar-refractivity contribution in [2.24, 2.45) is 0 Å². The summed E-state index contributed by atoms with van der Waals surface area (Å²) < 4.78 is 5.13. The molecule has 0 heterocycles. The van der Waals surface area contributed by atoms with E-state index in [1.807, 2.05) is 62.3 Å². The third-order valence-corrected chi connectivity index (χ3v) is 3.60. The van der Waals surface area contributed by atoms with Gasteiger partial charge in [0.15, 0.2) is 11.6 Å². The van der Waals surface area contributed by atoms with Crippen LogP contribution in [0.1, 0.15) is 18.4 Å². The molecule has 148 valence electrons. The number of nitrogens with zero attached hydrogens (tertiary/aromatic N) is 2. The number of benzene rings is 1. The molecular weight excluding hydrogens is 375 g/mol. The van der Waals surface area contributed by atoms with Gasteiger partial charge in [-0.05, 0) is 52.0 Å². The van der Waals surface area contributed by atoms with Gasteiger partial charge in [0, 0.05) is 25.9 Å². The minimum absolute atomic E-state index is 0. The lowest BCUT2D eigenvalue weighted by molar-refractivity contribution is -0.121. The van der Waals surface area contributed by atoms with Crippen molar-refractivity contribution in [3.8, 4) is 5.75 Å². The maximum absolute atomic E-state index is 12.5. The molecule has 5 nitrogen and oxygen atoms in total. The van der Waals surface area contributed by atoms with E-state index in [1.54, 1.807) is 13.2 Å². The van der Waals surface area contributed by atoms with Crippen LogP contribution >= 0.6 is 24.8 Å². The van der Waals surface area contributed by atoms with Crippen molar-refractivity contribution in [1.82, 2.24) is 9.80 Å². The fraction of sp³-hybridized carbons (Fsp3) is 0.474. The molecule has 0 fully saturated rings. The SMILES string of the molecule is COc1ccc(C=C(C(=O)CCN(C)C)C(=O)CCN(C)C)cc1.Cl.Cl. The lowest BCUT2D eigenvalue weighted by Gasteiger charge is -2.12. The van der Waals surface area contributed by atoms with E-state index in [4.69, 9.17) is 4.74 Å². The van der Waals surface area contributed by atoms with E-state index in [-0.39, 0.29) is 42.0 Å². The summed E-state index contributed by atoms with van der Waals surface area (Å²) in [4.78, 5) is 28.9. The smallest absolute Gasteiger partial charge is 0.167 e. The monoisotopic (exact) mass is 404 g/mol. The first-order chi connectivity index (χ1) is 11.3. The highest BCUT2D eigenvalue weighted by Crippen LogP contribution is 2.16. The molecular formula is C19H30Cl2N2O3. The van der Waals surface area contributed by atoms with E-state index in [9.17, 15) is 9.59 Å². The molecule has 0 unspecified atom stereocenters. The molecule has 7 heteroatoms. The van der Waals surface area contributed by atoms with E-state index in [1.165, 1.54) is 0 Å². The van der Waals surface area contributed by atoms with Crippen molar-refractivity contribution in [3.63, 3.8) is 0 Å². The van der Waals surface area contributed by atoms with Crippen LogP contribution in [0.4, 0.5) is 0 Å². The highest BCUT2D eigenvalue weighted by atomic mass is 35.5. The Morgan fingerprint density at radius 1 is 0.885 bits per heavy atom. The highest BCUT2D eigenvalue weighted by molar-refractivity contribution is 6.23. The van der Waals surface area contributed by atoms with Crippen LogP contribution in [0, 0.1) is 0 Å². The second-order valence-corrected chi connectivity index (χ2v) is 6.28. The van der Waals surface area contributed by atoms with Gasteiger partial charge in [0.2, 0.25) is 0 Å². The fourth-order valence-electron chi connectivity index (χ4n) is 2.10. The Balaban J connectivity index is 0. The third-order valence-electron chi connectivity index (χ3n) is 3.60. The predicted octanol–water partition coefficient (Wildman–Crippen LogP) is 2.96. The summed E-state index contributed by atoms with van der Waals surface area (Å²) in [5.41, 5.74) is 1.10. The van der Waals surface area contributed by atoms with Crippen molar-refractivity contribution < 1.29 is 14.3 Å². The molecule has 1 aromatic rings. The molecule has 0 saturated carbocycles. The van der Waals surface area contributed by atoms with Gasteiger partial charge in [-0.15, -0.1) is 24.8 Å². The van der Waals surface area contributed by atoms with Crippen LogP contribution in [0.5, 0.6) is 5.75 Å². The van der Waals surface area contributed by atoms with E-state index < -0.39 is 0 Å². The average Bonchev–Trinajstić information content (AvgIpc) is 2.55. The first-order valence-corrected chi connectivity index (χ1v) is 8.05. The molecule has 1 rings (SSSR count). The molecule has 0 aliphatic carbocycles. The number of halogens is 2. The maximum Gasteiger partial charge on any atom is 0.167 e. The topological polar surface area (TPSA) is 49.9 Å². The first-order valence-electron chi connectivity index (χ1n) is 8.05. The molecule has 0 saturated heterocycles. The molecule has 1 aromatic carbocycles. The van der Waals surface area contributed by atoms with Crippen molar-refractivity contribution in [3.05, 3.63) is 35.4 Å². The minimum Gasteiger partial charge on any atom is -0.497 e. The predicted molar refractivity (Wildman–Crippen MR) is 112 cm³/mol. The zero-order valence-electron chi connectivity index (χ0n) is 16.2. The molecule has 0 spiro atoms. The molecule has 0 aromatic heterocycles. The van der Waals surface area contributed by atoms with Crippen molar-refractivity contribution in [2.75, 3.05) is 48.4 Å². The molecule has 0 N–H and O–H groups in total. The maximum atomic E-state index is 12.5. The van der Waals surface area contributed by atoms with Gasteiger partial charge in [-0.25, -0.2) is 0 Å². The quantitative estimate of drug-likeness (QED) is 0.340. The number of allylic oxidation sites excluding steroid dienone is 1. The van der Waals surface area contributed by atoms with Gasteiger partial charge in [-0.1, -0.05) is 12.1 Å². The van der Waals surface area contributed by atoms with Crippen LogP contribution in [0.15, 0.2) is 29.8 Å². The summed E-state index contributed by atoms with van der Waals surface area (Å²) in [5.74, 6) is 0.526. The Hall–Kier alpha value is -1.40. The standard InChI is InChI=1S/C19H28N2O3.2ClH/c1-20(2)12-10-18(22)17(19(23)11-13-21(3)4)14-15-6-8-16(24-5)9-7-15;;/h6-9,14H,10-13H2,1-5H3;2*1H. The molecule has 0 radical (unpaired) electrons. The van der Waals surface area contributed by atoms with Gasteiger partial charge in [0.1, 0.15) is 5.75 Å². The van der Waals surface area contributed by atoms with E-state index in [2.05, 4.69) is 0 Å². The summed E-state index contributed by atoms with van der Waals surface area (Å²) in [5, 5.41) is 0. The van der Waals surface area contributed by atoms with Crippen LogP contribution in [0.3, 0.4) is 0 Å². The lowest BCUT2D eigenvalue weighted by Crippen LogP contribution is -2.23. The third kappa shape index (κ3) is 9.92. The van der Waals surface area contributed by atoms with Crippen LogP contribution in [-0.4, -0.2) is 69.8 Å². The van der Waals surface area contributed by atoms with Crippen LogP contribution in [0.25, 0.3) is 6.08 Å². The number of carbonyl (C=O) groups is 2. The van der Waals surface area contributed by atoms with Crippen molar-refractivity contribution in [1.29, 1.82) is 0 Å². The fourth-order valence-corrected chi connectivity index (χ4v) is 2.10. The Kier molecular flexibility index (Phi) is 14.2. The summed E-state index contributed by atoms with van der Waals surface area (Å²) in [6, 6.07) is 7.32. The minimum atomic E-state index is -0.108. The van der Waals surface area contributed by atoms with Crippen LogP contribution in [0.2, 0.25) is 0 Å². The Bertz CT molecular complexity index is 559. The molecule has 26 heavy (non-hydrogen) atoms. The number of hydrogen-bond acceptors (Lipinski definition) is 5. The average molecular weight is 405 g/mol. The van der Waals surface area contributed by atoms with Crippen LogP contribution in [-0.2, 0) is 9.59 Å². The summed E-state index contributed by atoms with van der Waals surface area (Å²) in [7, 11) is 9.25. The number of rotatable bonds is 10. The van der Waals surface area contributed by atoms with Gasteiger partial charge in [-0.2, -0.15) is 0 Å². The Morgan fingerprint density at radius 2 is 1.31 bits per heavy atom. The first kappa shape index (κ1) is 26.8. The van der Waals surface area contributed by atoms with Gasteiger partial charge < -0.3 is 14.5 Å². The molecule has 0 bridgehead atoms. The van der Waals surface area contributed by atoms with Gasteiger partial charge in [0.25, 0.3) is 0 Å². The lowest BCUT2D eigenvalue weighted by atomic mass is 9.98. The van der Waals surface area contributed by atoms with Gasteiger partial charge in [0.05, 0.1) is 12.7 Å². The van der Waals surface area contributed by atoms with Crippen LogP contribution < -0.4 is 4.74 Å². The molecule has 0 amide bonds. The zero-order chi connectivity index (χ0) is 18.1. The molecule has 0 aliphatic heterocycles. The van der Waals surface area contributed by atoms with E-state index in [0.29, 0.717) is 25.9 Å². The highest BCUT2D eigenvalue weighted by Gasteiger charge is 2.18. The second-order valence-electron chi connectivity index (χ2n) is 6.28. The number of methoxy groups -OCH3 is 1. The van der Waals surface area contributed by atoms with Gasteiger partial charge >= 0.3 is 0 Å². The zero-order valence-corrected chi connectivity index (χ0v) is 17.8. The van der Waals surface area contributed by atoms with E-state index >= 15 is 0 Å². The molecule has 0 atom stereocenters. The second kappa shape index (κ2) is 13.8. The van der Waals surface area contributed by atoms with Crippen molar-refractivity contribution in [2.45, 2.75) is 12.8 Å². The van der Waals surface area contributed by atoms with Crippen molar-refractivity contribution >= 4 is 42.5 Å². The Labute approximate surface area is 169 Å². The summed E-state index contributed by atoms with van der Waals surface area (Å²) in [6.45, 7) is 1.25. The number of carbonyl (C=O) groups excluding carboxylic acids is 2.